The largest absolute Gasteiger partial charge is 0.350 e. The number of rotatable bonds is 2. The van der Waals surface area contributed by atoms with Crippen molar-refractivity contribution in [3.05, 3.63) is 0 Å². The number of nitrogens with one attached hydrogen (secondary N) is 3. The van der Waals surface area contributed by atoms with Crippen LogP contribution in [0.5, 0.6) is 0 Å². The van der Waals surface area contributed by atoms with E-state index in [1.807, 2.05) is 6.92 Å². The van der Waals surface area contributed by atoms with Gasteiger partial charge in [-0.05, 0) is 39.3 Å². The average Bonchev–Trinajstić information content (AvgIpc) is 2.76. The Kier molecular flexibility index (Phi) is 4.37. The maximum Gasteiger partial charge on any atom is 0.240 e. The molecule has 0 spiro atoms. The maximum absolute atomic E-state index is 11.9. The normalized spacial score (nSPS) is 34.9. The van der Waals surface area contributed by atoms with E-state index in [1.54, 1.807) is 0 Å². The van der Waals surface area contributed by atoms with E-state index in [9.17, 15) is 4.79 Å². The quantitative estimate of drug-likeness (QED) is 0.631. The van der Waals surface area contributed by atoms with Gasteiger partial charge in [-0.25, -0.2) is 0 Å². The molecule has 2 fully saturated rings. The second-order valence-electron chi connectivity index (χ2n) is 4.53. The van der Waals surface area contributed by atoms with E-state index in [2.05, 4.69) is 16.0 Å². The van der Waals surface area contributed by atoms with Crippen LogP contribution in [-0.4, -0.2) is 37.1 Å². The SMILES string of the molecule is CC1(C(=O)NC2CCNC2)CCCN1.Cl. The Morgan fingerprint density at radius 3 is 2.80 bits per heavy atom. The van der Waals surface area contributed by atoms with E-state index in [1.165, 1.54) is 0 Å². The topological polar surface area (TPSA) is 53.2 Å². The zero-order valence-corrected chi connectivity index (χ0v) is 9.95. The number of hydrogen-bond donors (Lipinski definition) is 3. The highest BCUT2D eigenvalue weighted by Gasteiger charge is 2.36. The number of carbonyl (C=O) groups is 1. The molecular formula is C10H20ClN3O. The molecular weight excluding hydrogens is 214 g/mol. The fraction of sp³-hybridized carbons (Fsp3) is 0.900. The van der Waals surface area contributed by atoms with Gasteiger partial charge in [-0.2, -0.15) is 0 Å². The Bertz CT molecular complexity index is 223. The minimum Gasteiger partial charge on any atom is -0.350 e. The van der Waals surface area contributed by atoms with Crippen LogP contribution in [0.1, 0.15) is 26.2 Å². The first kappa shape index (κ1) is 12.7. The zero-order chi connectivity index (χ0) is 10.0. The summed E-state index contributed by atoms with van der Waals surface area (Å²) >= 11 is 0. The summed E-state index contributed by atoms with van der Waals surface area (Å²) in [5, 5.41) is 9.62. The molecule has 5 heteroatoms. The van der Waals surface area contributed by atoms with Gasteiger partial charge in [-0.15, -0.1) is 12.4 Å². The van der Waals surface area contributed by atoms with Gasteiger partial charge in [0.1, 0.15) is 0 Å². The molecule has 0 aliphatic carbocycles. The van der Waals surface area contributed by atoms with E-state index < -0.39 is 0 Å². The summed E-state index contributed by atoms with van der Waals surface area (Å²) < 4.78 is 0. The molecule has 0 saturated carbocycles. The van der Waals surface area contributed by atoms with Crippen molar-refractivity contribution in [3.8, 4) is 0 Å². The first-order valence-electron chi connectivity index (χ1n) is 5.47. The molecule has 0 radical (unpaired) electrons. The average molecular weight is 234 g/mol. The van der Waals surface area contributed by atoms with Crippen molar-refractivity contribution in [1.29, 1.82) is 0 Å². The minimum atomic E-state index is -0.317. The first-order valence-corrected chi connectivity index (χ1v) is 5.47. The molecule has 2 aliphatic rings. The van der Waals surface area contributed by atoms with Crippen LogP contribution in [0.4, 0.5) is 0 Å². The summed E-state index contributed by atoms with van der Waals surface area (Å²) in [6.07, 6.45) is 3.12. The maximum atomic E-state index is 11.9. The second kappa shape index (κ2) is 5.14. The monoisotopic (exact) mass is 233 g/mol. The molecule has 2 unspecified atom stereocenters. The fourth-order valence-electron chi connectivity index (χ4n) is 2.21. The lowest BCUT2D eigenvalue weighted by molar-refractivity contribution is -0.127. The Hall–Kier alpha value is -0.320. The molecule has 2 atom stereocenters. The molecule has 4 nitrogen and oxygen atoms in total. The third-order valence-corrected chi connectivity index (χ3v) is 3.27. The highest BCUT2D eigenvalue weighted by atomic mass is 35.5. The number of halogens is 1. The van der Waals surface area contributed by atoms with Gasteiger partial charge in [0.05, 0.1) is 5.54 Å². The molecule has 2 heterocycles. The van der Waals surface area contributed by atoms with Gasteiger partial charge in [0, 0.05) is 12.6 Å². The van der Waals surface area contributed by atoms with Gasteiger partial charge < -0.3 is 16.0 Å². The Morgan fingerprint density at radius 2 is 2.27 bits per heavy atom. The summed E-state index contributed by atoms with van der Waals surface area (Å²) in [6, 6.07) is 0.335. The predicted octanol–water partition coefficient (Wildman–Crippen LogP) is 0.0284. The smallest absolute Gasteiger partial charge is 0.240 e. The number of amides is 1. The molecule has 1 amide bonds. The summed E-state index contributed by atoms with van der Waals surface area (Å²) in [7, 11) is 0. The van der Waals surface area contributed by atoms with Crippen LogP contribution in [0.25, 0.3) is 0 Å². The summed E-state index contributed by atoms with van der Waals surface area (Å²) in [4.78, 5) is 11.9. The van der Waals surface area contributed by atoms with Crippen LogP contribution in [0.2, 0.25) is 0 Å². The van der Waals surface area contributed by atoms with Gasteiger partial charge in [0.15, 0.2) is 0 Å². The van der Waals surface area contributed by atoms with E-state index in [-0.39, 0.29) is 23.9 Å². The minimum absolute atomic E-state index is 0. The van der Waals surface area contributed by atoms with E-state index >= 15 is 0 Å². The van der Waals surface area contributed by atoms with Gasteiger partial charge in [-0.3, -0.25) is 4.79 Å². The van der Waals surface area contributed by atoms with Crippen LogP contribution in [0, 0.1) is 0 Å². The highest BCUT2D eigenvalue weighted by Crippen LogP contribution is 2.18. The predicted molar refractivity (Wildman–Crippen MR) is 62.3 cm³/mol. The van der Waals surface area contributed by atoms with Gasteiger partial charge in [0.25, 0.3) is 0 Å². The van der Waals surface area contributed by atoms with Gasteiger partial charge in [-0.1, -0.05) is 0 Å². The third kappa shape index (κ3) is 2.83. The standard InChI is InChI=1S/C10H19N3O.ClH/c1-10(4-2-5-12-10)9(14)13-8-3-6-11-7-8;/h8,11-12H,2-7H2,1H3,(H,13,14);1H. The lowest BCUT2D eigenvalue weighted by atomic mass is 9.99. The third-order valence-electron chi connectivity index (χ3n) is 3.27. The number of carbonyl (C=O) groups excluding carboxylic acids is 1. The summed E-state index contributed by atoms with van der Waals surface area (Å²) in [5.74, 6) is 0.170. The Morgan fingerprint density at radius 1 is 1.47 bits per heavy atom. The van der Waals surface area contributed by atoms with Crippen molar-refractivity contribution in [2.24, 2.45) is 0 Å². The van der Waals surface area contributed by atoms with E-state index in [4.69, 9.17) is 0 Å². The van der Waals surface area contributed by atoms with Crippen LogP contribution in [0.3, 0.4) is 0 Å². The van der Waals surface area contributed by atoms with Gasteiger partial charge in [0.2, 0.25) is 5.91 Å². The van der Waals surface area contributed by atoms with Crippen molar-refractivity contribution in [2.45, 2.75) is 37.8 Å². The van der Waals surface area contributed by atoms with Crippen molar-refractivity contribution in [3.63, 3.8) is 0 Å². The summed E-state index contributed by atoms with van der Waals surface area (Å²) in [6.45, 7) is 4.90. The van der Waals surface area contributed by atoms with Crippen LogP contribution in [-0.2, 0) is 4.79 Å². The molecule has 2 saturated heterocycles. The van der Waals surface area contributed by atoms with Crippen molar-refractivity contribution in [1.82, 2.24) is 16.0 Å². The molecule has 0 aromatic heterocycles. The molecule has 3 N–H and O–H groups in total. The van der Waals surface area contributed by atoms with Gasteiger partial charge >= 0.3 is 0 Å². The Balaban J connectivity index is 0.00000112. The number of hydrogen-bond acceptors (Lipinski definition) is 3. The van der Waals surface area contributed by atoms with Crippen molar-refractivity contribution >= 4 is 18.3 Å². The van der Waals surface area contributed by atoms with Crippen LogP contribution < -0.4 is 16.0 Å². The lowest BCUT2D eigenvalue weighted by Crippen LogP contribution is -2.54. The van der Waals surface area contributed by atoms with E-state index in [0.29, 0.717) is 6.04 Å². The lowest BCUT2D eigenvalue weighted by Gasteiger charge is -2.25. The molecule has 0 aromatic rings. The molecule has 2 aliphatic heterocycles. The highest BCUT2D eigenvalue weighted by molar-refractivity contribution is 5.86. The second-order valence-corrected chi connectivity index (χ2v) is 4.53. The van der Waals surface area contributed by atoms with Crippen molar-refractivity contribution < 1.29 is 4.79 Å². The molecule has 0 aromatic carbocycles. The Labute approximate surface area is 97.0 Å². The zero-order valence-electron chi connectivity index (χ0n) is 9.14. The first-order chi connectivity index (χ1) is 6.71. The van der Waals surface area contributed by atoms with Crippen LogP contribution >= 0.6 is 12.4 Å². The fourth-order valence-corrected chi connectivity index (χ4v) is 2.21. The summed E-state index contributed by atoms with van der Waals surface area (Å²) in [5.41, 5.74) is -0.317. The van der Waals surface area contributed by atoms with E-state index in [0.717, 1.165) is 38.9 Å². The molecule has 15 heavy (non-hydrogen) atoms. The van der Waals surface area contributed by atoms with Crippen molar-refractivity contribution in [2.75, 3.05) is 19.6 Å². The molecule has 88 valence electrons. The van der Waals surface area contributed by atoms with Crippen LogP contribution in [0.15, 0.2) is 0 Å². The molecule has 0 bridgehead atoms. The molecule has 2 rings (SSSR count).